The SMILES string of the molecule is COC(=O)c1cc(Sc2ccc(C)cc2C)ccc1N. The summed E-state index contributed by atoms with van der Waals surface area (Å²) in [7, 11) is 1.35. The summed E-state index contributed by atoms with van der Waals surface area (Å²) in [5.74, 6) is -0.412. The Morgan fingerprint density at radius 1 is 1.15 bits per heavy atom. The lowest BCUT2D eigenvalue weighted by Crippen LogP contribution is -2.05. The topological polar surface area (TPSA) is 52.3 Å². The minimum absolute atomic E-state index is 0.405. The van der Waals surface area contributed by atoms with Crippen LogP contribution >= 0.6 is 11.8 Å². The van der Waals surface area contributed by atoms with Gasteiger partial charge in [-0.15, -0.1) is 0 Å². The van der Waals surface area contributed by atoms with Gasteiger partial charge in [0.25, 0.3) is 0 Å². The highest BCUT2D eigenvalue weighted by Gasteiger charge is 2.11. The van der Waals surface area contributed by atoms with Crippen molar-refractivity contribution in [3.05, 3.63) is 53.1 Å². The molecule has 4 heteroatoms. The van der Waals surface area contributed by atoms with Crippen molar-refractivity contribution < 1.29 is 9.53 Å². The summed E-state index contributed by atoms with van der Waals surface area (Å²) >= 11 is 1.61. The van der Waals surface area contributed by atoms with Crippen LogP contribution in [0.1, 0.15) is 21.5 Å². The molecule has 0 aliphatic carbocycles. The van der Waals surface area contributed by atoms with Crippen LogP contribution in [0.3, 0.4) is 0 Å². The second-order valence-corrected chi connectivity index (χ2v) is 5.73. The molecule has 0 aliphatic heterocycles. The number of carbonyl (C=O) groups excluding carboxylic acids is 1. The number of nitrogens with two attached hydrogens (primary N) is 1. The molecule has 0 heterocycles. The van der Waals surface area contributed by atoms with Gasteiger partial charge in [-0.05, 0) is 43.7 Å². The molecule has 0 saturated heterocycles. The number of nitrogen functional groups attached to an aromatic ring is 1. The molecule has 104 valence electrons. The van der Waals surface area contributed by atoms with Crippen LogP contribution in [0.4, 0.5) is 5.69 Å². The van der Waals surface area contributed by atoms with Crippen molar-refractivity contribution in [2.24, 2.45) is 0 Å². The van der Waals surface area contributed by atoms with E-state index in [-0.39, 0.29) is 0 Å². The third-order valence-corrected chi connectivity index (χ3v) is 4.16. The van der Waals surface area contributed by atoms with Crippen molar-refractivity contribution >= 4 is 23.4 Å². The summed E-state index contributed by atoms with van der Waals surface area (Å²) < 4.78 is 4.73. The molecule has 0 saturated carbocycles. The van der Waals surface area contributed by atoms with Crippen LogP contribution in [-0.4, -0.2) is 13.1 Å². The number of methoxy groups -OCH3 is 1. The fourth-order valence-corrected chi connectivity index (χ4v) is 2.85. The van der Waals surface area contributed by atoms with Crippen molar-refractivity contribution in [3.8, 4) is 0 Å². The molecule has 0 aliphatic rings. The van der Waals surface area contributed by atoms with Crippen molar-refractivity contribution in [3.63, 3.8) is 0 Å². The van der Waals surface area contributed by atoms with E-state index in [1.807, 2.05) is 6.07 Å². The first-order valence-electron chi connectivity index (χ1n) is 6.24. The van der Waals surface area contributed by atoms with Crippen LogP contribution in [-0.2, 0) is 4.74 Å². The Hall–Kier alpha value is -1.94. The van der Waals surface area contributed by atoms with Crippen LogP contribution in [0.25, 0.3) is 0 Å². The molecule has 0 amide bonds. The van der Waals surface area contributed by atoms with E-state index in [1.165, 1.54) is 18.2 Å². The molecule has 2 rings (SSSR count). The van der Waals surface area contributed by atoms with E-state index in [4.69, 9.17) is 10.5 Å². The molecular weight excluding hydrogens is 270 g/mol. The average Bonchev–Trinajstić information content (AvgIpc) is 2.43. The molecule has 2 aromatic rings. The third-order valence-electron chi connectivity index (χ3n) is 2.99. The van der Waals surface area contributed by atoms with Gasteiger partial charge in [0.05, 0.1) is 12.7 Å². The number of anilines is 1. The van der Waals surface area contributed by atoms with Crippen LogP contribution in [0.5, 0.6) is 0 Å². The van der Waals surface area contributed by atoms with Gasteiger partial charge in [0.2, 0.25) is 0 Å². The highest BCUT2D eigenvalue weighted by molar-refractivity contribution is 7.99. The van der Waals surface area contributed by atoms with E-state index >= 15 is 0 Å². The van der Waals surface area contributed by atoms with Gasteiger partial charge in [0.1, 0.15) is 0 Å². The van der Waals surface area contributed by atoms with Gasteiger partial charge in [-0.3, -0.25) is 0 Å². The van der Waals surface area contributed by atoms with Gasteiger partial charge < -0.3 is 10.5 Å². The van der Waals surface area contributed by atoms with Crippen molar-refractivity contribution in [1.82, 2.24) is 0 Å². The molecule has 3 nitrogen and oxygen atoms in total. The molecule has 0 radical (unpaired) electrons. The predicted octanol–water partition coefficient (Wildman–Crippen LogP) is 3.82. The fourth-order valence-electron chi connectivity index (χ4n) is 1.93. The number of ether oxygens (including phenoxy) is 1. The largest absolute Gasteiger partial charge is 0.465 e. The van der Waals surface area contributed by atoms with Crippen LogP contribution in [0.2, 0.25) is 0 Å². The summed E-state index contributed by atoms with van der Waals surface area (Å²) in [5, 5.41) is 0. The number of rotatable bonds is 3. The normalized spacial score (nSPS) is 10.3. The minimum Gasteiger partial charge on any atom is -0.465 e. The number of hydrogen-bond acceptors (Lipinski definition) is 4. The van der Waals surface area contributed by atoms with Gasteiger partial charge in [-0.25, -0.2) is 4.79 Å². The standard InChI is InChI=1S/C16H17NO2S/c1-10-4-7-15(11(2)8-10)20-12-5-6-14(17)13(9-12)16(18)19-3/h4-9H,17H2,1-3H3. The average molecular weight is 287 g/mol. The van der Waals surface area contributed by atoms with Gasteiger partial charge in [-0.2, -0.15) is 0 Å². The molecule has 0 aromatic heterocycles. The predicted molar refractivity (Wildman–Crippen MR) is 82.2 cm³/mol. The zero-order chi connectivity index (χ0) is 14.7. The highest BCUT2D eigenvalue weighted by Crippen LogP contribution is 2.32. The summed E-state index contributed by atoms with van der Waals surface area (Å²) in [6.45, 7) is 4.15. The number of hydrogen-bond donors (Lipinski definition) is 1. The number of carbonyl (C=O) groups is 1. The van der Waals surface area contributed by atoms with Crippen LogP contribution < -0.4 is 5.73 Å². The second kappa shape index (κ2) is 6.01. The summed E-state index contributed by atoms with van der Waals surface area (Å²) in [4.78, 5) is 13.8. The number of benzene rings is 2. The van der Waals surface area contributed by atoms with E-state index in [9.17, 15) is 4.79 Å². The molecule has 0 unspecified atom stereocenters. The molecule has 2 aromatic carbocycles. The van der Waals surface area contributed by atoms with E-state index < -0.39 is 5.97 Å². The molecular formula is C16H17NO2S. The summed E-state index contributed by atoms with van der Waals surface area (Å²) in [5.41, 5.74) is 9.09. The maximum absolute atomic E-state index is 11.6. The summed E-state index contributed by atoms with van der Waals surface area (Å²) in [6, 6.07) is 11.7. The monoisotopic (exact) mass is 287 g/mol. The first kappa shape index (κ1) is 14.5. The Morgan fingerprint density at radius 3 is 2.55 bits per heavy atom. The second-order valence-electron chi connectivity index (χ2n) is 4.61. The zero-order valence-corrected chi connectivity index (χ0v) is 12.6. The lowest BCUT2D eigenvalue weighted by Gasteiger charge is -2.09. The van der Waals surface area contributed by atoms with Crippen LogP contribution in [0.15, 0.2) is 46.2 Å². The quantitative estimate of drug-likeness (QED) is 0.688. The maximum Gasteiger partial charge on any atom is 0.339 e. The summed E-state index contributed by atoms with van der Waals surface area (Å²) in [6.07, 6.45) is 0. The van der Waals surface area contributed by atoms with E-state index in [0.717, 1.165) is 9.79 Å². The fraction of sp³-hybridized carbons (Fsp3) is 0.188. The van der Waals surface area contributed by atoms with Gasteiger partial charge in [0, 0.05) is 15.5 Å². The Balaban J connectivity index is 2.32. The van der Waals surface area contributed by atoms with E-state index in [1.54, 1.807) is 23.9 Å². The van der Waals surface area contributed by atoms with Gasteiger partial charge in [-0.1, -0.05) is 29.5 Å². The van der Waals surface area contributed by atoms with Gasteiger partial charge >= 0.3 is 5.97 Å². The highest BCUT2D eigenvalue weighted by atomic mass is 32.2. The van der Waals surface area contributed by atoms with Gasteiger partial charge in [0.15, 0.2) is 0 Å². The van der Waals surface area contributed by atoms with E-state index in [0.29, 0.717) is 11.3 Å². The van der Waals surface area contributed by atoms with Crippen molar-refractivity contribution in [1.29, 1.82) is 0 Å². The molecule has 20 heavy (non-hydrogen) atoms. The smallest absolute Gasteiger partial charge is 0.339 e. The zero-order valence-electron chi connectivity index (χ0n) is 11.8. The Bertz CT molecular complexity index is 653. The van der Waals surface area contributed by atoms with E-state index in [2.05, 4.69) is 32.0 Å². The minimum atomic E-state index is -0.412. The van der Waals surface area contributed by atoms with Crippen molar-refractivity contribution in [2.45, 2.75) is 23.6 Å². The van der Waals surface area contributed by atoms with Crippen LogP contribution in [0, 0.1) is 13.8 Å². The number of aryl methyl sites for hydroxylation is 2. The Morgan fingerprint density at radius 2 is 1.90 bits per heavy atom. The molecule has 2 N–H and O–H groups in total. The third kappa shape index (κ3) is 3.14. The van der Waals surface area contributed by atoms with Crippen molar-refractivity contribution in [2.75, 3.05) is 12.8 Å². The molecule has 0 spiro atoms. The maximum atomic E-state index is 11.6. The number of esters is 1. The lowest BCUT2D eigenvalue weighted by molar-refractivity contribution is 0.0601. The first-order valence-corrected chi connectivity index (χ1v) is 7.06. The molecule has 0 atom stereocenters. The molecule has 0 bridgehead atoms. The lowest BCUT2D eigenvalue weighted by atomic mass is 10.2. The molecule has 0 fully saturated rings. The first-order chi connectivity index (χ1) is 9.51. The Labute approximate surface area is 123 Å². The Kier molecular flexibility index (Phi) is 4.35.